The van der Waals surface area contributed by atoms with Crippen molar-refractivity contribution in [3.05, 3.63) is 61.3 Å². The first kappa shape index (κ1) is 28.0. The van der Waals surface area contributed by atoms with E-state index in [0.717, 1.165) is 73.5 Å². The van der Waals surface area contributed by atoms with E-state index in [1.807, 2.05) is 17.7 Å². The molecule has 3 aromatic heterocycles. The lowest BCUT2D eigenvalue weighted by Gasteiger charge is -2.33. The highest BCUT2D eigenvalue weighted by Crippen LogP contribution is 2.33. The Morgan fingerprint density at radius 1 is 1.10 bits per heavy atom. The van der Waals surface area contributed by atoms with Gasteiger partial charge >= 0.3 is 5.69 Å². The number of benzene rings is 1. The van der Waals surface area contributed by atoms with Gasteiger partial charge < -0.3 is 10.2 Å². The summed E-state index contributed by atoms with van der Waals surface area (Å²) in [7, 11) is 0. The molecule has 1 saturated carbocycles. The number of halogens is 1. The molecule has 1 saturated heterocycles. The summed E-state index contributed by atoms with van der Waals surface area (Å²) in [4.78, 5) is 38.9. The van der Waals surface area contributed by atoms with Gasteiger partial charge in [-0.05, 0) is 97.1 Å². The molecule has 216 valence electrons. The van der Waals surface area contributed by atoms with Crippen molar-refractivity contribution in [1.82, 2.24) is 29.7 Å². The van der Waals surface area contributed by atoms with Gasteiger partial charge in [0.2, 0.25) is 5.95 Å². The molecule has 41 heavy (non-hydrogen) atoms. The average molecular weight is 640 g/mol. The van der Waals surface area contributed by atoms with E-state index in [9.17, 15) is 9.59 Å². The number of thioether (sulfide) groups is 1. The van der Waals surface area contributed by atoms with Gasteiger partial charge in [0.05, 0.1) is 4.47 Å². The van der Waals surface area contributed by atoms with Crippen LogP contribution in [0.4, 0.5) is 17.3 Å². The third-order valence-corrected chi connectivity index (χ3v) is 10.3. The van der Waals surface area contributed by atoms with Crippen molar-refractivity contribution in [3.8, 4) is 0 Å². The van der Waals surface area contributed by atoms with Crippen molar-refractivity contribution in [2.75, 3.05) is 29.1 Å². The molecular formula is C29H35BrN8O2S. The van der Waals surface area contributed by atoms with E-state index in [2.05, 4.69) is 70.6 Å². The van der Waals surface area contributed by atoms with Crippen LogP contribution in [0.1, 0.15) is 63.0 Å². The first-order valence-corrected chi connectivity index (χ1v) is 16.2. The number of aryl methyl sites for hydroxylation is 1. The van der Waals surface area contributed by atoms with E-state index in [-0.39, 0.29) is 17.3 Å². The van der Waals surface area contributed by atoms with Gasteiger partial charge in [0.15, 0.2) is 5.16 Å². The summed E-state index contributed by atoms with van der Waals surface area (Å²) in [5, 5.41) is 11.3. The standard InChI is InChI=1S/C29H35BrN8O2S/c1-18-23-17-31-27(33-25(23)38(26(39)24(18)30)22-6-2-3-7-22)32-20-8-10-21(11-9-20)37-14-12-19(13-15-37)5-4-16-41-29-34-28(40)35-36-29/h8-11,17,19,22H,2-7,12-16H2,1H3,(H,31,32,33)(H2,34,35,36,40). The molecule has 0 bridgehead atoms. The summed E-state index contributed by atoms with van der Waals surface area (Å²) in [5.41, 5.74) is 3.47. The van der Waals surface area contributed by atoms with Crippen LogP contribution in [-0.4, -0.2) is 48.6 Å². The van der Waals surface area contributed by atoms with E-state index in [0.29, 0.717) is 21.2 Å². The molecule has 2 fully saturated rings. The van der Waals surface area contributed by atoms with E-state index in [1.165, 1.54) is 24.9 Å². The molecule has 4 heterocycles. The minimum absolute atomic E-state index is 0.00914. The van der Waals surface area contributed by atoms with Crippen LogP contribution < -0.4 is 21.5 Å². The smallest absolute Gasteiger partial charge is 0.341 e. The summed E-state index contributed by atoms with van der Waals surface area (Å²) in [6.07, 6.45) is 10.8. The van der Waals surface area contributed by atoms with Crippen molar-refractivity contribution in [1.29, 1.82) is 0 Å². The second kappa shape index (κ2) is 12.4. The first-order valence-electron chi connectivity index (χ1n) is 14.4. The highest BCUT2D eigenvalue weighted by Gasteiger charge is 2.24. The highest BCUT2D eigenvalue weighted by molar-refractivity contribution is 9.10. The van der Waals surface area contributed by atoms with Crippen molar-refractivity contribution in [2.24, 2.45) is 5.92 Å². The number of hydrogen-bond donors (Lipinski definition) is 3. The number of aromatic amines is 2. The number of anilines is 3. The Hall–Kier alpha value is -3.12. The van der Waals surface area contributed by atoms with Crippen LogP contribution in [-0.2, 0) is 0 Å². The molecule has 0 amide bonds. The predicted octanol–water partition coefficient (Wildman–Crippen LogP) is 5.92. The second-order valence-electron chi connectivity index (χ2n) is 11.1. The Morgan fingerprint density at radius 3 is 2.56 bits per heavy atom. The van der Waals surface area contributed by atoms with Crippen LogP contribution in [0.15, 0.2) is 49.7 Å². The molecule has 0 radical (unpaired) electrons. The number of pyridine rings is 1. The van der Waals surface area contributed by atoms with E-state index >= 15 is 0 Å². The number of nitrogens with zero attached hydrogens (tertiary/aromatic N) is 5. The van der Waals surface area contributed by atoms with Crippen LogP contribution in [0.3, 0.4) is 0 Å². The lowest BCUT2D eigenvalue weighted by Crippen LogP contribution is -2.33. The maximum Gasteiger partial charge on any atom is 0.341 e. The summed E-state index contributed by atoms with van der Waals surface area (Å²) >= 11 is 5.11. The van der Waals surface area contributed by atoms with E-state index < -0.39 is 0 Å². The number of rotatable bonds is 9. The molecule has 6 rings (SSSR count). The topological polar surface area (TPSA) is 125 Å². The molecule has 0 unspecified atom stereocenters. The first-order chi connectivity index (χ1) is 20.0. The number of nitrogens with one attached hydrogen (secondary N) is 3. The molecule has 4 aromatic rings. The van der Waals surface area contributed by atoms with Crippen LogP contribution in [0.2, 0.25) is 0 Å². The fourth-order valence-corrected chi connectivity index (χ4v) is 7.28. The van der Waals surface area contributed by atoms with Crippen molar-refractivity contribution >= 4 is 56.0 Å². The van der Waals surface area contributed by atoms with Crippen LogP contribution >= 0.6 is 27.7 Å². The number of fused-ring (bicyclic) bond motifs is 1. The summed E-state index contributed by atoms with van der Waals surface area (Å²) in [5.74, 6) is 2.20. The van der Waals surface area contributed by atoms with Gasteiger partial charge in [0.1, 0.15) is 5.65 Å². The van der Waals surface area contributed by atoms with Gasteiger partial charge in [-0.15, -0.1) is 5.10 Å². The third-order valence-electron chi connectivity index (χ3n) is 8.40. The van der Waals surface area contributed by atoms with Crippen LogP contribution in [0.25, 0.3) is 11.0 Å². The Morgan fingerprint density at radius 2 is 1.85 bits per heavy atom. The zero-order valence-electron chi connectivity index (χ0n) is 23.2. The van der Waals surface area contributed by atoms with Gasteiger partial charge in [0, 0.05) is 47.8 Å². The largest absolute Gasteiger partial charge is 0.372 e. The summed E-state index contributed by atoms with van der Waals surface area (Å²) < 4.78 is 2.47. The third kappa shape index (κ3) is 6.23. The van der Waals surface area contributed by atoms with E-state index in [4.69, 9.17) is 4.98 Å². The van der Waals surface area contributed by atoms with Gasteiger partial charge in [-0.1, -0.05) is 24.6 Å². The van der Waals surface area contributed by atoms with Gasteiger partial charge in [-0.25, -0.2) is 14.9 Å². The minimum Gasteiger partial charge on any atom is -0.372 e. The SMILES string of the molecule is Cc1c(Br)c(=O)n(C2CCCC2)c2nc(Nc3ccc(N4CCC(CCCSc5n[nH]c(=O)[nH]5)CC4)cc3)ncc12. The molecule has 12 heteroatoms. The highest BCUT2D eigenvalue weighted by atomic mass is 79.9. The lowest BCUT2D eigenvalue weighted by atomic mass is 9.92. The lowest BCUT2D eigenvalue weighted by molar-refractivity contribution is 0.379. The Balaban J connectivity index is 1.06. The zero-order chi connectivity index (χ0) is 28.3. The quantitative estimate of drug-likeness (QED) is 0.152. The van der Waals surface area contributed by atoms with Gasteiger partial charge in [0.25, 0.3) is 5.56 Å². The zero-order valence-corrected chi connectivity index (χ0v) is 25.6. The monoisotopic (exact) mass is 638 g/mol. The summed E-state index contributed by atoms with van der Waals surface area (Å²) in [6, 6.07) is 8.63. The number of piperidine rings is 1. The van der Waals surface area contributed by atoms with Crippen molar-refractivity contribution in [2.45, 2.75) is 69.5 Å². The Labute approximate surface area is 250 Å². The van der Waals surface area contributed by atoms with Crippen LogP contribution in [0, 0.1) is 12.8 Å². The van der Waals surface area contributed by atoms with Gasteiger partial charge in [-0.2, -0.15) is 4.98 Å². The Bertz CT molecular complexity index is 1620. The fraction of sp³-hybridized carbons (Fsp3) is 0.483. The Kier molecular flexibility index (Phi) is 8.47. The molecule has 1 aromatic carbocycles. The van der Waals surface area contributed by atoms with Crippen molar-refractivity contribution < 1.29 is 0 Å². The summed E-state index contributed by atoms with van der Waals surface area (Å²) in [6.45, 7) is 4.05. The van der Waals surface area contributed by atoms with E-state index in [1.54, 1.807) is 11.8 Å². The minimum atomic E-state index is -0.250. The van der Waals surface area contributed by atoms with Gasteiger partial charge in [-0.3, -0.25) is 14.3 Å². The molecule has 3 N–H and O–H groups in total. The van der Waals surface area contributed by atoms with Crippen LogP contribution in [0.5, 0.6) is 0 Å². The number of aromatic nitrogens is 6. The normalized spacial score (nSPS) is 16.6. The molecule has 0 spiro atoms. The average Bonchev–Trinajstić information content (AvgIpc) is 3.67. The fourth-order valence-electron chi connectivity index (χ4n) is 6.09. The second-order valence-corrected chi connectivity index (χ2v) is 12.9. The molecule has 10 nitrogen and oxygen atoms in total. The maximum absolute atomic E-state index is 13.2. The molecule has 1 aliphatic heterocycles. The molecule has 1 aliphatic carbocycles. The number of H-pyrrole nitrogens is 2. The molecule has 2 aliphatic rings. The number of hydrogen-bond acceptors (Lipinski definition) is 8. The van der Waals surface area contributed by atoms with Crippen molar-refractivity contribution in [3.63, 3.8) is 0 Å². The molecular weight excluding hydrogens is 604 g/mol. The molecule has 0 atom stereocenters. The maximum atomic E-state index is 13.2. The predicted molar refractivity (Wildman–Crippen MR) is 168 cm³/mol.